The SMILES string of the molecule is CSc1ccnc(N2CCC(N)C2)n1. The van der Waals surface area contributed by atoms with Crippen LogP contribution >= 0.6 is 11.8 Å². The van der Waals surface area contributed by atoms with Crippen molar-refractivity contribution in [2.24, 2.45) is 5.73 Å². The monoisotopic (exact) mass is 210 g/mol. The predicted molar refractivity (Wildman–Crippen MR) is 58.6 cm³/mol. The van der Waals surface area contributed by atoms with Crippen molar-refractivity contribution in [2.75, 3.05) is 24.2 Å². The molecule has 5 heteroatoms. The zero-order valence-electron chi connectivity index (χ0n) is 8.18. The molecule has 76 valence electrons. The zero-order valence-corrected chi connectivity index (χ0v) is 9.00. The van der Waals surface area contributed by atoms with Crippen LogP contribution in [-0.4, -0.2) is 35.4 Å². The van der Waals surface area contributed by atoms with E-state index in [0.717, 1.165) is 30.5 Å². The molecule has 0 aromatic carbocycles. The molecule has 1 unspecified atom stereocenters. The molecule has 14 heavy (non-hydrogen) atoms. The second-order valence-corrected chi connectivity index (χ2v) is 4.22. The Labute approximate surface area is 87.9 Å². The Hall–Kier alpha value is -0.810. The van der Waals surface area contributed by atoms with Gasteiger partial charge < -0.3 is 10.6 Å². The van der Waals surface area contributed by atoms with Crippen LogP contribution in [0.25, 0.3) is 0 Å². The average molecular weight is 210 g/mol. The fraction of sp³-hybridized carbons (Fsp3) is 0.556. The lowest BCUT2D eigenvalue weighted by Crippen LogP contribution is -2.27. The molecular weight excluding hydrogens is 196 g/mol. The molecule has 0 bridgehead atoms. The topological polar surface area (TPSA) is 55.0 Å². The van der Waals surface area contributed by atoms with Crippen molar-refractivity contribution < 1.29 is 0 Å². The molecule has 0 spiro atoms. The fourth-order valence-electron chi connectivity index (χ4n) is 1.57. The number of rotatable bonds is 2. The molecule has 1 aromatic heterocycles. The molecule has 1 fully saturated rings. The Bertz CT molecular complexity index is 317. The number of hydrogen-bond donors (Lipinski definition) is 1. The number of thioether (sulfide) groups is 1. The third-order valence-electron chi connectivity index (χ3n) is 2.33. The van der Waals surface area contributed by atoms with E-state index in [1.165, 1.54) is 0 Å². The van der Waals surface area contributed by atoms with Gasteiger partial charge >= 0.3 is 0 Å². The Morgan fingerprint density at radius 1 is 1.64 bits per heavy atom. The van der Waals surface area contributed by atoms with Gasteiger partial charge in [-0.25, -0.2) is 9.97 Å². The zero-order chi connectivity index (χ0) is 9.97. The second-order valence-electron chi connectivity index (χ2n) is 3.39. The van der Waals surface area contributed by atoms with Crippen molar-refractivity contribution in [1.82, 2.24) is 9.97 Å². The van der Waals surface area contributed by atoms with Crippen LogP contribution in [0.2, 0.25) is 0 Å². The van der Waals surface area contributed by atoms with Gasteiger partial charge in [0.1, 0.15) is 5.03 Å². The van der Waals surface area contributed by atoms with Gasteiger partial charge in [0, 0.05) is 25.3 Å². The van der Waals surface area contributed by atoms with E-state index >= 15 is 0 Å². The molecule has 1 atom stereocenters. The summed E-state index contributed by atoms with van der Waals surface area (Å²) in [5.41, 5.74) is 5.83. The van der Waals surface area contributed by atoms with E-state index < -0.39 is 0 Å². The summed E-state index contributed by atoms with van der Waals surface area (Å²) >= 11 is 1.63. The number of hydrogen-bond acceptors (Lipinski definition) is 5. The Balaban J connectivity index is 2.15. The first kappa shape index (κ1) is 9.73. The van der Waals surface area contributed by atoms with Crippen LogP contribution in [-0.2, 0) is 0 Å². The van der Waals surface area contributed by atoms with Crippen molar-refractivity contribution in [3.05, 3.63) is 12.3 Å². The van der Waals surface area contributed by atoms with Gasteiger partial charge in [-0.3, -0.25) is 0 Å². The lowest BCUT2D eigenvalue weighted by Gasteiger charge is -2.15. The predicted octanol–water partition coefficient (Wildman–Crippen LogP) is 0.736. The molecule has 2 N–H and O–H groups in total. The minimum Gasteiger partial charge on any atom is -0.339 e. The van der Waals surface area contributed by atoms with Crippen LogP contribution in [0.5, 0.6) is 0 Å². The molecule has 1 aliphatic rings. The van der Waals surface area contributed by atoms with Crippen molar-refractivity contribution in [3.8, 4) is 0 Å². The third kappa shape index (κ3) is 1.99. The van der Waals surface area contributed by atoms with Crippen molar-refractivity contribution >= 4 is 17.7 Å². The molecule has 4 nitrogen and oxygen atoms in total. The molecule has 0 saturated carbocycles. The summed E-state index contributed by atoms with van der Waals surface area (Å²) in [7, 11) is 0. The molecule has 0 aliphatic carbocycles. The highest BCUT2D eigenvalue weighted by atomic mass is 32.2. The van der Waals surface area contributed by atoms with Gasteiger partial charge in [0.2, 0.25) is 5.95 Å². The minimum atomic E-state index is 0.275. The maximum Gasteiger partial charge on any atom is 0.226 e. The van der Waals surface area contributed by atoms with Crippen molar-refractivity contribution in [3.63, 3.8) is 0 Å². The van der Waals surface area contributed by atoms with Gasteiger partial charge in [0.25, 0.3) is 0 Å². The summed E-state index contributed by atoms with van der Waals surface area (Å²) in [6.45, 7) is 1.84. The van der Waals surface area contributed by atoms with Gasteiger partial charge in [-0.2, -0.15) is 0 Å². The molecule has 0 radical (unpaired) electrons. The summed E-state index contributed by atoms with van der Waals surface area (Å²) in [5, 5.41) is 1.01. The van der Waals surface area contributed by atoms with E-state index in [2.05, 4.69) is 14.9 Å². The number of anilines is 1. The smallest absolute Gasteiger partial charge is 0.226 e. The van der Waals surface area contributed by atoms with Crippen molar-refractivity contribution in [1.29, 1.82) is 0 Å². The molecule has 0 amide bonds. The fourth-order valence-corrected chi connectivity index (χ4v) is 1.94. The maximum atomic E-state index is 5.83. The van der Waals surface area contributed by atoms with E-state index in [0.29, 0.717) is 0 Å². The highest BCUT2D eigenvalue weighted by molar-refractivity contribution is 7.98. The summed E-state index contributed by atoms with van der Waals surface area (Å²) in [6, 6.07) is 2.20. The maximum absolute atomic E-state index is 5.83. The molecule has 1 saturated heterocycles. The van der Waals surface area contributed by atoms with Crippen LogP contribution < -0.4 is 10.6 Å². The normalized spacial score (nSPS) is 21.6. The second kappa shape index (κ2) is 4.14. The number of aromatic nitrogens is 2. The average Bonchev–Trinajstić information content (AvgIpc) is 2.65. The third-order valence-corrected chi connectivity index (χ3v) is 2.98. The molecule has 1 aliphatic heterocycles. The highest BCUT2D eigenvalue weighted by Gasteiger charge is 2.21. The highest BCUT2D eigenvalue weighted by Crippen LogP contribution is 2.18. The molecular formula is C9H14N4S. The number of nitrogens with two attached hydrogens (primary N) is 1. The van der Waals surface area contributed by atoms with E-state index in [-0.39, 0.29) is 6.04 Å². The minimum absolute atomic E-state index is 0.275. The van der Waals surface area contributed by atoms with E-state index in [4.69, 9.17) is 5.73 Å². The lowest BCUT2D eigenvalue weighted by molar-refractivity contribution is 0.749. The molecule has 2 heterocycles. The largest absolute Gasteiger partial charge is 0.339 e. The van der Waals surface area contributed by atoms with Gasteiger partial charge in [0.05, 0.1) is 0 Å². The summed E-state index contributed by atoms with van der Waals surface area (Å²) in [6.07, 6.45) is 4.85. The van der Waals surface area contributed by atoms with Crippen LogP contribution in [0.15, 0.2) is 17.3 Å². The molecule has 2 rings (SSSR count). The summed E-state index contributed by atoms with van der Waals surface area (Å²) < 4.78 is 0. The van der Waals surface area contributed by atoms with Gasteiger partial charge in [-0.15, -0.1) is 11.8 Å². The van der Waals surface area contributed by atoms with Gasteiger partial charge in [-0.1, -0.05) is 0 Å². The van der Waals surface area contributed by atoms with Gasteiger partial charge in [0.15, 0.2) is 0 Å². The first-order valence-corrected chi connectivity index (χ1v) is 5.89. The van der Waals surface area contributed by atoms with E-state index in [9.17, 15) is 0 Å². The van der Waals surface area contributed by atoms with Crippen molar-refractivity contribution in [2.45, 2.75) is 17.5 Å². The summed E-state index contributed by atoms with van der Waals surface area (Å²) in [5.74, 6) is 0.810. The summed E-state index contributed by atoms with van der Waals surface area (Å²) in [4.78, 5) is 10.8. The number of nitrogens with zero attached hydrogens (tertiary/aromatic N) is 3. The quantitative estimate of drug-likeness (QED) is 0.576. The Morgan fingerprint density at radius 3 is 3.14 bits per heavy atom. The van der Waals surface area contributed by atoms with E-state index in [1.807, 2.05) is 12.3 Å². The van der Waals surface area contributed by atoms with Crippen LogP contribution in [0.1, 0.15) is 6.42 Å². The lowest BCUT2D eigenvalue weighted by atomic mass is 10.3. The Kier molecular flexibility index (Phi) is 2.88. The standard InChI is InChI=1S/C9H14N4S/c1-14-8-2-4-11-9(12-8)13-5-3-7(10)6-13/h2,4,7H,3,5-6,10H2,1H3. The van der Waals surface area contributed by atoms with Crippen LogP contribution in [0.4, 0.5) is 5.95 Å². The van der Waals surface area contributed by atoms with Crippen LogP contribution in [0, 0.1) is 0 Å². The molecule has 1 aromatic rings. The first-order valence-electron chi connectivity index (χ1n) is 4.67. The van der Waals surface area contributed by atoms with E-state index in [1.54, 1.807) is 18.0 Å². The first-order chi connectivity index (χ1) is 6.79. The van der Waals surface area contributed by atoms with Crippen LogP contribution in [0.3, 0.4) is 0 Å². The Morgan fingerprint density at radius 2 is 2.50 bits per heavy atom. The van der Waals surface area contributed by atoms with Gasteiger partial charge in [-0.05, 0) is 18.7 Å².